The first-order chi connectivity index (χ1) is 16.8. The maximum absolute atomic E-state index is 12.6. The van der Waals surface area contributed by atoms with E-state index in [9.17, 15) is 14.4 Å². The van der Waals surface area contributed by atoms with Crippen molar-refractivity contribution in [1.82, 2.24) is 10.2 Å². The summed E-state index contributed by atoms with van der Waals surface area (Å²) >= 11 is 0. The van der Waals surface area contributed by atoms with Crippen LogP contribution in [0, 0.1) is 5.92 Å². The minimum Gasteiger partial charge on any atom is -0.475 e. The molecule has 182 valence electrons. The van der Waals surface area contributed by atoms with Gasteiger partial charge in [0.15, 0.2) is 0 Å². The summed E-state index contributed by atoms with van der Waals surface area (Å²) in [7, 11) is 1.63. The Morgan fingerprint density at radius 1 is 1.03 bits per heavy atom. The lowest BCUT2D eigenvalue weighted by Gasteiger charge is -2.20. The standard InChI is InChI=1S/C27H28N2O6/c1-17(25(30)29(2)15-18-11-12-24(35-18)26(31)32)13-14-28-27(33)34-16-23-21-9-5-3-7-19(21)20-8-4-6-10-22(20)23/h3-12,17,23H,13-16H2,1-2H3,(H,28,33)(H,31,32). The van der Waals surface area contributed by atoms with Crippen LogP contribution in [-0.4, -0.2) is 48.2 Å². The smallest absolute Gasteiger partial charge is 0.407 e. The van der Waals surface area contributed by atoms with Crippen molar-refractivity contribution in [3.63, 3.8) is 0 Å². The molecule has 8 heteroatoms. The van der Waals surface area contributed by atoms with Gasteiger partial charge in [-0.2, -0.15) is 0 Å². The van der Waals surface area contributed by atoms with Gasteiger partial charge in [-0.15, -0.1) is 0 Å². The van der Waals surface area contributed by atoms with E-state index < -0.39 is 12.1 Å². The lowest BCUT2D eigenvalue weighted by Crippen LogP contribution is -2.34. The molecule has 1 aliphatic carbocycles. The van der Waals surface area contributed by atoms with Crippen molar-refractivity contribution in [2.45, 2.75) is 25.8 Å². The molecule has 0 radical (unpaired) electrons. The van der Waals surface area contributed by atoms with E-state index in [0.717, 1.165) is 11.1 Å². The van der Waals surface area contributed by atoms with Crippen molar-refractivity contribution >= 4 is 18.0 Å². The van der Waals surface area contributed by atoms with Crippen molar-refractivity contribution in [2.75, 3.05) is 20.2 Å². The number of hydrogen-bond donors (Lipinski definition) is 2. The maximum Gasteiger partial charge on any atom is 0.407 e. The number of carbonyl (C=O) groups is 3. The van der Waals surface area contributed by atoms with Crippen molar-refractivity contribution in [3.05, 3.63) is 83.3 Å². The Hall–Kier alpha value is -4.07. The van der Waals surface area contributed by atoms with Crippen LogP contribution in [0.15, 0.2) is 65.1 Å². The van der Waals surface area contributed by atoms with Crippen LogP contribution in [0.3, 0.4) is 0 Å². The van der Waals surface area contributed by atoms with E-state index in [1.807, 2.05) is 24.3 Å². The highest BCUT2D eigenvalue weighted by Crippen LogP contribution is 2.44. The van der Waals surface area contributed by atoms with E-state index >= 15 is 0 Å². The molecular weight excluding hydrogens is 448 g/mol. The van der Waals surface area contributed by atoms with Gasteiger partial charge in [-0.3, -0.25) is 4.79 Å². The van der Waals surface area contributed by atoms with E-state index in [0.29, 0.717) is 18.7 Å². The van der Waals surface area contributed by atoms with Crippen molar-refractivity contribution in [3.8, 4) is 11.1 Å². The second kappa shape index (κ2) is 10.5. The van der Waals surface area contributed by atoms with Crippen LogP contribution < -0.4 is 5.32 Å². The number of carbonyl (C=O) groups excluding carboxylic acids is 2. The van der Waals surface area contributed by atoms with Crippen LogP contribution in [0.4, 0.5) is 4.79 Å². The Bertz CT molecular complexity index is 1190. The number of carboxylic acid groups (broad SMARTS) is 1. The summed E-state index contributed by atoms with van der Waals surface area (Å²) in [5.41, 5.74) is 4.64. The summed E-state index contributed by atoms with van der Waals surface area (Å²) in [5.74, 6) is -1.41. The molecule has 8 nitrogen and oxygen atoms in total. The predicted octanol–water partition coefficient (Wildman–Crippen LogP) is 4.50. The molecule has 1 atom stereocenters. The number of fused-ring (bicyclic) bond motifs is 3. The van der Waals surface area contributed by atoms with Gasteiger partial charge in [0.2, 0.25) is 11.7 Å². The van der Waals surface area contributed by atoms with Crippen LogP contribution in [0.1, 0.15) is 46.7 Å². The summed E-state index contributed by atoms with van der Waals surface area (Å²) in [6.07, 6.45) is -0.0806. The summed E-state index contributed by atoms with van der Waals surface area (Å²) in [6, 6.07) is 19.2. The van der Waals surface area contributed by atoms with E-state index in [4.69, 9.17) is 14.3 Å². The van der Waals surface area contributed by atoms with Crippen LogP contribution in [-0.2, 0) is 16.1 Å². The topological polar surface area (TPSA) is 109 Å². The molecule has 0 saturated heterocycles. The zero-order valence-corrected chi connectivity index (χ0v) is 19.7. The third-order valence-corrected chi connectivity index (χ3v) is 6.25. The fraction of sp³-hybridized carbons (Fsp3) is 0.296. The highest BCUT2D eigenvalue weighted by molar-refractivity contribution is 5.84. The van der Waals surface area contributed by atoms with Crippen LogP contribution in [0.25, 0.3) is 11.1 Å². The number of furan rings is 1. The maximum atomic E-state index is 12.6. The Morgan fingerprint density at radius 2 is 1.66 bits per heavy atom. The van der Waals surface area contributed by atoms with E-state index in [2.05, 4.69) is 29.6 Å². The third-order valence-electron chi connectivity index (χ3n) is 6.25. The first kappa shape index (κ1) is 24.1. The van der Waals surface area contributed by atoms with Gasteiger partial charge in [0, 0.05) is 25.4 Å². The molecule has 2 amide bonds. The molecule has 0 fully saturated rings. The van der Waals surface area contributed by atoms with Gasteiger partial charge in [-0.05, 0) is 40.8 Å². The quantitative estimate of drug-likeness (QED) is 0.471. The molecule has 1 unspecified atom stereocenters. The van der Waals surface area contributed by atoms with Gasteiger partial charge in [0.1, 0.15) is 12.4 Å². The molecule has 0 bridgehead atoms. The normalized spacial score (nSPS) is 13.0. The number of rotatable bonds is 9. The number of nitrogens with one attached hydrogen (secondary N) is 1. The Morgan fingerprint density at radius 3 is 2.26 bits per heavy atom. The van der Waals surface area contributed by atoms with Crippen LogP contribution in [0.2, 0.25) is 0 Å². The number of aromatic carboxylic acids is 1. The fourth-order valence-electron chi connectivity index (χ4n) is 4.43. The molecule has 1 aromatic heterocycles. The zero-order chi connectivity index (χ0) is 24.9. The molecule has 2 aromatic carbocycles. The average Bonchev–Trinajstić information content (AvgIpc) is 3.45. The molecule has 4 rings (SSSR count). The zero-order valence-electron chi connectivity index (χ0n) is 19.7. The minimum atomic E-state index is -1.15. The first-order valence-corrected chi connectivity index (χ1v) is 11.5. The highest BCUT2D eigenvalue weighted by Gasteiger charge is 2.29. The number of alkyl carbamates (subject to hydrolysis) is 1. The van der Waals surface area contributed by atoms with E-state index in [1.165, 1.54) is 28.2 Å². The molecule has 1 aliphatic rings. The summed E-state index contributed by atoms with van der Waals surface area (Å²) in [5, 5.41) is 11.7. The van der Waals surface area contributed by atoms with Crippen molar-refractivity contribution in [1.29, 1.82) is 0 Å². The molecule has 2 N–H and O–H groups in total. The van der Waals surface area contributed by atoms with Gasteiger partial charge in [0.25, 0.3) is 0 Å². The van der Waals surface area contributed by atoms with Gasteiger partial charge in [-0.25, -0.2) is 9.59 Å². The van der Waals surface area contributed by atoms with Crippen LogP contribution >= 0.6 is 0 Å². The molecule has 1 heterocycles. The monoisotopic (exact) mass is 476 g/mol. The van der Waals surface area contributed by atoms with Gasteiger partial charge < -0.3 is 24.5 Å². The molecule has 3 aromatic rings. The summed E-state index contributed by atoms with van der Waals surface area (Å²) < 4.78 is 10.7. The lowest BCUT2D eigenvalue weighted by molar-refractivity contribution is -0.134. The lowest BCUT2D eigenvalue weighted by atomic mass is 9.98. The summed E-state index contributed by atoms with van der Waals surface area (Å²) in [4.78, 5) is 37.3. The molecule has 0 aliphatic heterocycles. The highest BCUT2D eigenvalue weighted by atomic mass is 16.5. The van der Waals surface area contributed by atoms with E-state index in [1.54, 1.807) is 14.0 Å². The Kier molecular flexibility index (Phi) is 7.19. The molecule has 35 heavy (non-hydrogen) atoms. The number of hydrogen-bond acceptors (Lipinski definition) is 5. The third kappa shape index (κ3) is 5.37. The molecule has 0 spiro atoms. The van der Waals surface area contributed by atoms with Crippen molar-refractivity contribution in [2.24, 2.45) is 5.92 Å². The number of nitrogens with zero attached hydrogens (tertiary/aromatic N) is 1. The van der Waals surface area contributed by atoms with Crippen LogP contribution in [0.5, 0.6) is 0 Å². The Labute approximate surface area is 203 Å². The second-order valence-electron chi connectivity index (χ2n) is 8.71. The summed E-state index contributed by atoms with van der Waals surface area (Å²) in [6.45, 7) is 2.47. The SMILES string of the molecule is CC(CCNC(=O)OCC1c2ccccc2-c2ccccc21)C(=O)N(C)Cc1ccc(C(=O)O)o1. The second-order valence-corrected chi connectivity index (χ2v) is 8.71. The van der Waals surface area contributed by atoms with Gasteiger partial charge in [-0.1, -0.05) is 55.5 Å². The largest absolute Gasteiger partial charge is 0.475 e. The number of ether oxygens (including phenoxy) is 1. The minimum absolute atomic E-state index is 0.00875. The van der Waals surface area contributed by atoms with E-state index in [-0.39, 0.29) is 36.7 Å². The van der Waals surface area contributed by atoms with Gasteiger partial charge >= 0.3 is 12.1 Å². The Balaban J connectivity index is 1.23. The first-order valence-electron chi connectivity index (χ1n) is 11.5. The predicted molar refractivity (Wildman–Crippen MR) is 129 cm³/mol. The number of benzene rings is 2. The van der Waals surface area contributed by atoms with Crippen molar-refractivity contribution < 1.29 is 28.6 Å². The van der Waals surface area contributed by atoms with Gasteiger partial charge in [0.05, 0.1) is 6.54 Å². The number of amides is 2. The average molecular weight is 477 g/mol. The molecule has 0 saturated carbocycles. The fourth-order valence-corrected chi connectivity index (χ4v) is 4.43. The molecular formula is C27H28N2O6. The number of carboxylic acids is 1.